The minimum atomic E-state index is -0.0679. The second-order valence-electron chi connectivity index (χ2n) is 5.36. The number of halogens is 1. The fourth-order valence-corrected chi connectivity index (χ4v) is 3.87. The largest absolute Gasteiger partial charge is 0.341 e. The molecule has 2 aliphatic rings. The molecule has 1 saturated heterocycles. The lowest BCUT2D eigenvalue weighted by molar-refractivity contribution is -0.132. The van der Waals surface area contributed by atoms with E-state index in [0.717, 1.165) is 43.2 Å². The summed E-state index contributed by atoms with van der Waals surface area (Å²) in [6.07, 6.45) is 10.0. The highest BCUT2D eigenvalue weighted by Gasteiger charge is 2.51. The van der Waals surface area contributed by atoms with Crippen molar-refractivity contribution in [3.63, 3.8) is 0 Å². The number of likely N-dealkylation sites (tertiary alicyclic amines) is 1. The Hall–Kier alpha value is -0.490. The van der Waals surface area contributed by atoms with E-state index in [0.29, 0.717) is 11.9 Å². The molecule has 0 spiro atoms. The summed E-state index contributed by atoms with van der Waals surface area (Å²) in [5, 5.41) is 4.35. The van der Waals surface area contributed by atoms with Gasteiger partial charge in [-0.1, -0.05) is 0 Å². The fraction of sp³-hybridized carbons (Fsp3) is 0.692. The smallest absolute Gasteiger partial charge is 0.238 e. The topological polar surface area (TPSA) is 38.1 Å². The zero-order chi connectivity index (χ0) is 13.5. The molecule has 0 atom stereocenters. The number of rotatable bonds is 3. The molecule has 1 aromatic heterocycles. The zero-order valence-electron chi connectivity index (χ0n) is 11.0. The molecule has 104 valence electrons. The number of piperidine rings is 1. The van der Waals surface area contributed by atoms with Crippen LogP contribution in [0.1, 0.15) is 31.7 Å². The van der Waals surface area contributed by atoms with Crippen molar-refractivity contribution in [3.05, 3.63) is 16.9 Å². The van der Waals surface area contributed by atoms with Gasteiger partial charge in [-0.2, -0.15) is 5.10 Å². The number of carbonyl (C=O) groups excluding carboxylic acids is 1. The summed E-state index contributed by atoms with van der Waals surface area (Å²) >= 11 is 5.15. The second kappa shape index (κ2) is 5.13. The van der Waals surface area contributed by atoms with Crippen LogP contribution >= 0.6 is 27.7 Å². The predicted octanol–water partition coefficient (Wildman–Crippen LogP) is 2.70. The monoisotopic (exact) mass is 343 g/mol. The van der Waals surface area contributed by atoms with Gasteiger partial charge < -0.3 is 4.90 Å². The number of thioether (sulfide) groups is 1. The molecular formula is C13H18BrN3OS. The summed E-state index contributed by atoms with van der Waals surface area (Å²) < 4.78 is 2.97. The van der Waals surface area contributed by atoms with Crippen LogP contribution in [0.15, 0.2) is 16.9 Å². The lowest BCUT2D eigenvalue weighted by Crippen LogP contribution is -2.44. The molecule has 2 heterocycles. The molecule has 0 bridgehead atoms. The Morgan fingerprint density at radius 3 is 2.63 bits per heavy atom. The average molecular weight is 344 g/mol. The van der Waals surface area contributed by atoms with Gasteiger partial charge in [-0.05, 0) is 47.9 Å². The van der Waals surface area contributed by atoms with Gasteiger partial charge in [0.1, 0.15) is 0 Å². The molecule has 3 rings (SSSR count). The van der Waals surface area contributed by atoms with E-state index in [2.05, 4.69) is 32.2 Å². The first-order chi connectivity index (χ1) is 9.14. The minimum absolute atomic E-state index is 0.0679. The molecule has 6 heteroatoms. The van der Waals surface area contributed by atoms with Gasteiger partial charge in [0.15, 0.2) is 0 Å². The highest BCUT2D eigenvalue weighted by atomic mass is 79.9. The normalized spacial score (nSPS) is 22.5. The maximum atomic E-state index is 12.4. The molecule has 0 radical (unpaired) electrons. The Morgan fingerprint density at radius 1 is 1.47 bits per heavy atom. The van der Waals surface area contributed by atoms with E-state index >= 15 is 0 Å². The molecule has 0 unspecified atom stereocenters. The van der Waals surface area contributed by atoms with E-state index in [9.17, 15) is 4.79 Å². The van der Waals surface area contributed by atoms with Gasteiger partial charge in [0, 0.05) is 19.3 Å². The highest BCUT2D eigenvalue weighted by molar-refractivity contribution is 9.10. The number of aromatic nitrogens is 2. The van der Waals surface area contributed by atoms with E-state index in [4.69, 9.17) is 0 Å². The van der Waals surface area contributed by atoms with Crippen molar-refractivity contribution < 1.29 is 4.79 Å². The summed E-state index contributed by atoms with van der Waals surface area (Å²) in [7, 11) is 0. The molecule has 1 aliphatic heterocycles. The number of nitrogens with zero attached hydrogens (tertiary/aromatic N) is 3. The van der Waals surface area contributed by atoms with Crippen molar-refractivity contribution in [1.82, 2.24) is 14.7 Å². The van der Waals surface area contributed by atoms with Crippen LogP contribution in [-0.2, 0) is 4.79 Å². The van der Waals surface area contributed by atoms with Crippen LogP contribution in [0.5, 0.6) is 0 Å². The number of hydrogen-bond donors (Lipinski definition) is 0. The van der Waals surface area contributed by atoms with Gasteiger partial charge >= 0.3 is 0 Å². The first-order valence-electron chi connectivity index (χ1n) is 6.69. The fourth-order valence-electron chi connectivity index (χ4n) is 2.76. The van der Waals surface area contributed by atoms with Crippen LogP contribution in [-0.4, -0.2) is 44.7 Å². The van der Waals surface area contributed by atoms with Crippen LogP contribution < -0.4 is 0 Å². The molecule has 0 N–H and O–H groups in total. The van der Waals surface area contributed by atoms with E-state index in [-0.39, 0.29) is 4.75 Å². The number of hydrogen-bond acceptors (Lipinski definition) is 3. The summed E-state index contributed by atoms with van der Waals surface area (Å²) in [6.45, 7) is 1.73. The first-order valence-corrected chi connectivity index (χ1v) is 8.70. The summed E-state index contributed by atoms with van der Waals surface area (Å²) in [5.74, 6) is 0.361. The van der Waals surface area contributed by atoms with Crippen LogP contribution in [0.4, 0.5) is 0 Å². The third kappa shape index (κ3) is 2.57. The van der Waals surface area contributed by atoms with Gasteiger partial charge in [-0.3, -0.25) is 9.48 Å². The molecule has 1 saturated carbocycles. The first kappa shape index (κ1) is 13.5. The van der Waals surface area contributed by atoms with Crippen molar-refractivity contribution in [2.45, 2.75) is 36.5 Å². The van der Waals surface area contributed by atoms with Crippen molar-refractivity contribution in [1.29, 1.82) is 0 Å². The predicted molar refractivity (Wildman–Crippen MR) is 80.3 cm³/mol. The minimum Gasteiger partial charge on any atom is -0.341 e. The quantitative estimate of drug-likeness (QED) is 0.846. The zero-order valence-corrected chi connectivity index (χ0v) is 13.4. The number of amides is 1. The van der Waals surface area contributed by atoms with Gasteiger partial charge in [-0.15, -0.1) is 11.8 Å². The van der Waals surface area contributed by atoms with Crippen molar-refractivity contribution in [3.8, 4) is 0 Å². The van der Waals surface area contributed by atoms with Crippen LogP contribution in [0.2, 0.25) is 0 Å². The molecule has 4 nitrogen and oxygen atoms in total. The van der Waals surface area contributed by atoms with E-state index < -0.39 is 0 Å². The maximum absolute atomic E-state index is 12.4. The number of carbonyl (C=O) groups is 1. The Morgan fingerprint density at radius 2 is 2.16 bits per heavy atom. The molecule has 1 amide bonds. The molecule has 19 heavy (non-hydrogen) atoms. The Labute approximate surface area is 126 Å². The molecule has 1 aromatic rings. The molecule has 1 aliphatic carbocycles. The Balaban J connectivity index is 1.59. The summed E-state index contributed by atoms with van der Waals surface area (Å²) in [6, 6.07) is 0.430. The van der Waals surface area contributed by atoms with Crippen molar-refractivity contribution in [2.75, 3.05) is 19.3 Å². The van der Waals surface area contributed by atoms with E-state index in [1.165, 1.54) is 0 Å². The standard InChI is InChI=1S/C13H18BrN3OS/c1-19-13(4-5-13)12(18)16-6-2-11(3-7-16)17-9-10(14)8-15-17/h8-9,11H,2-7H2,1H3. The highest BCUT2D eigenvalue weighted by Crippen LogP contribution is 2.48. The SMILES string of the molecule is CSC1(C(=O)N2CCC(n3cc(Br)cn3)CC2)CC1. The van der Waals surface area contributed by atoms with Gasteiger partial charge in [0.2, 0.25) is 5.91 Å². The van der Waals surface area contributed by atoms with Gasteiger partial charge in [-0.25, -0.2) is 0 Å². The van der Waals surface area contributed by atoms with Crippen LogP contribution in [0.25, 0.3) is 0 Å². The molecular weight excluding hydrogens is 326 g/mol. The molecule has 0 aromatic carbocycles. The lowest BCUT2D eigenvalue weighted by atomic mass is 10.0. The van der Waals surface area contributed by atoms with Gasteiger partial charge in [0.05, 0.1) is 21.5 Å². The van der Waals surface area contributed by atoms with Crippen LogP contribution in [0, 0.1) is 0 Å². The summed E-state index contributed by atoms with van der Waals surface area (Å²) in [4.78, 5) is 14.5. The van der Waals surface area contributed by atoms with Gasteiger partial charge in [0.25, 0.3) is 0 Å². The third-order valence-electron chi connectivity index (χ3n) is 4.18. The summed E-state index contributed by atoms with van der Waals surface area (Å²) in [5.41, 5.74) is 0. The van der Waals surface area contributed by atoms with Crippen LogP contribution in [0.3, 0.4) is 0 Å². The Kier molecular flexibility index (Phi) is 3.64. The Bertz CT molecular complexity index is 478. The third-order valence-corrected chi connectivity index (χ3v) is 5.95. The lowest BCUT2D eigenvalue weighted by Gasteiger charge is -2.34. The molecule has 2 fully saturated rings. The van der Waals surface area contributed by atoms with Crippen molar-refractivity contribution >= 4 is 33.6 Å². The van der Waals surface area contributed by atoms with E-state index in [1.54, 1.807) is 11.8 Å². The average Bonchev–Trinajstić information content (AvgIpc) is 3.14. The van der Waals surface area contributed by atoms with E-state index in [1.807, 2.05) is 17.1 Å². The second-order valence-corrected chi connectivity index (χ2v) is 7.47. The van der Waals surface area contributed by atoms with Crippen molar-refractivity contribution in [2.24, 2.45) is 0 Å². The maximum Gasteiger partial charge on any atom is 0.238 e.